The first-order valence-corrected chi connectivity index (χ1v) is 6.86. The van der Waals surface area contributed by atoms with Crippen molar-refractivity contribution in [1.29, 1.82) is 0 Å². The molecular formula is C14H24N4O. The zero-order valence-electron chi connectivity index (χ0n) is 12.3. The zero-order valence-corrected chi connectivity index (χ0v) is 12.3. The highest BCUT2D eigenvalue weighted by Gasteiger charge is 2.32. The second-order valence-corrected chi connectivity index (χ2v) is 6.28. The van der Waals surface area contributed by atoms with Crippen LogP contribution in [0, 0.1) is 6.92 Å². The number of aromatic nitrogens is 2. The van der Waals surface area contributed by atoms with Gasteiger partial charge in [-0.05, 0) is 19.8 Å². The smallest absolute Gasteiger partial charge is 0.138 e. The molecule has 1 aliphatic carbocycles. The van der Waals surface area contributed by atoms with Crippen molar-refractivity contribution in [2.75, 3.05) is 23.8 Å². The lowest BCUT2D eigenvalue weighted by molar-refractivity contribution is 0.301. The molecule has 5 heteroatoms. The maximum atomic E-state index is 9.25. The number of nitrogen functional groups attached to an aromatic ring is 1. The summed E-state index contributed by atoms with van der Waals surface area (Å²) in [5.74, 6) is 2.18. The van der Waals surface area contributed by atoms with E-state index in [1.807, 2.05) is 6.92 Å². The molecule has 0 aromatic carbocycles. The molecule has 2 rings (SSSR count). The number of hydrogen-bond acceptors (Lipinski definition) is 5. The van der Waals surface area contributed by atoms with Crippen molar-refractivity contribution in [1.82, 2.24) is 9.97 Å². The van der Waals surface area contributed by atoms with E-state index < -0.39 is 0 Å². The van der Waals surface area contributed by atoms with Crippen LogP contribution in [0.2, 0.25) is 0 Å². The lowest BCUT2D eigenvalue weighted by Crippen LogP contribution is -2.32. The first-order valence-electron chi connectivity index (χ1n) is 6.86. The van der Waals surface area contributed by atoms with E-state index in [0.717, 1.165) is 30.0 Å². The Kier molecular flexibility index (Phi) is 3.67. The largest absolute Gasteiger partial charge is 0.395 e. The summed E-state index contributed by atoms with van der Waals surface area (Å²) in [6.45, 7) is 8.91. The minimum Gasteiger partial charge on any atom is -0.395 e. The highest BCUT2D eigenvalue weighted by Crippen LogP contribution is 2.34. The van der Waals surface area contributed by atoms with Gasteiger partial charge >= 0.3 is 0 Å². The zero-order chi connectivity index (χ0) is 14.2. The Morgan fingerprint density at radius 1 is 1.32 bits per heavy atom. The summed E-state index contributed by atoms with van der Waals surface area (Å²) in [4.78, 5) is 11.3. The summed E-state index contributed by atoms with van der Waals surface area (Å²) in [7, 11) is 0. The van der Waals surface area contributed by atoms with Crippen LogP contribution in [0.3, 0.4) is 0 Å². The van der Waals surface area contributed by atoms with Crippen LogP contribution < -0.4 is 10.6 Å². The molecule has 1 saturated carbocycles. The predicted molar refractivity (Wildman–Crippen MR) is 77.3 cm³/mol. The summed E-state index contributed by atoms with van der Waals surface area (Å²) < 4.78 is 0. The van der Waals surface area contributed by atoms with Crippen molar-refractivity contribution in [3.05, 3.63) is 11.4 Å². The Morgan fingerprint density at radius 2 is 1.95 bits per heavy atom. The van der Waals surface area contributed by atoms with Gasteiger partial charge in [0.2, 0.25) is 0 Å². The predicted octanol–water partition coefficient (Wildman–Crippen LogP) is 1.63. The fraction of sp³-hybridized carbons (Fsp3) is 0.714. The lowest BCUT2D eigenvalue weighted by Gasteiger charge is -2.27. The van der Waals surface area contributed by atoms with E-state index in [-0.39, 0.29) is 12.0 Å². The summed E-state index contributed by atoms with van der Waals surface area (Å²) in [6, 6.07) is 0.493. The van der Waals surface area contributed by atoms with Crippen molar-refractivity contribution >= 4 is 11.6 Å². The van der Waals surface area contributed by atoms with Crippen LogP contribution >= 0.6 is 0 Å². The fourth-order valence-corrected chi connectivity index (χ4v) is 2.09. The van der Waals surface area contributed by atoms with Gasteiger partial charge in [-0.15, -0.1) is 0 Å². The van der Waals surface area contributed by atoms with E-state index in [9.17, 15) is 5.11 Å². The van der Waals surface area contributed by atoms with Crippen LogP contribution in [-0.2, 0) is 5.41 Å². The molecule has 0 spiro atoms. The van der Waals surface area contributed by atoms with Crippen LogP contribution in [0.15, 0.2) is 0 Å². The molecule has 0 radical (unpaired) electrons. The lowest BCUT2D eigenvalue weighted by atomic mass is 9.95. The first-order chi connectivity index (χ1) is 8.84. The molecule has 19 heavy (non-hydrogen) atoms. The normalized spacial score (nSPS) is 15.6. The standard InChI is InChI=1S/C14H24N4O/c1-9-11(15)16-13(14(2,3)4)17-12(9)18(7-8-19)10-5-6-10/h10,19H,5-8H2,1-4H3,(H2,15,16,17). The molecule has 1 fully saturated rings. The van der Waals surface area contributed by atoms with Crippen LogP contribution in [0.5, 0.6) is 0 Å². The number of hydrogen-bond donors (Lipinski definition) is 2. The van der Waals surface area contributed by atoms with E-state index in [4.69, 9.17) is 10.7 Å². The van der Waals surface area contributed by atoms with E-state index in [2.05, 4.69) is 30.7 Å². The molecule has 5 nitrogen and oxygen atoms in total. The van der Waals surface area contributed by atoms with Crippen LogP contribution in [0.25, 0.3) is 0 Å². The van der Waals surface area contributed by atoms with Gasteiger partial charge in [-0.3, -0.25) is 0 Å². The number of anilines is 2. The Labute approximate surface area is 114 Å². The van der Waals surface area contributed by atoms with Gasteiger partial charge in [0.15, 0.2) is 0 Å². The van der Waals surface area contributed by atoms with E-state index in [1.165, 1.54) is 0 Å². The van der Waals surface area contributed by atoms with Crippen LogP contribution in [-0.4, -0.2) is 34.3 Å². The average Bonchev–Trinajstić information content (AvgIpc) is 3.12. The number of aliphatic hydroxyl groups is 1. The van der Waals surface area contributed by atoms with Crippen molar-refractivity contribution < 1.29 is 5.11 Å². The van der Waals surface area contributed by atoms with Gasteiger partial charge < -0.3 is 15.7 Å². The molecule has 1 aromatic heterocycles. The number of aliphatic hydroxyl groups excluding tert-OH is 1. The van der Waals surface area contributed by atoms with Gasteiger partial charge in [-0.2, -0.15) is 0 Å². The quantitative estimate of drug-likeness (QED) is 0.864. The van der Waals surface area contributed by atoms with E-state index in [0.29, 0.717) is 18.4 Å². The molecule has 0 unspecified atom stereocenters. The fourth-order valence-electron chi connectivity index (χ4n) is 2.09. The molecule has 3 N–H and O–H groups in total. The van der Waals surface area contributed by atoms with Crippen LogP contribution in [0.4, 0.5) is 11.6 Å². The minimum atomic E-state index is -0.134. The first kappa shape index (κ1) is 14.1. The van der Waals surface area contributed by atoms with Gasteiger partial charge in [0.1, 0.15) is 17.5 Å². The third-order valence-electron chi connectivity index (χ3n) is 3.43. The highest BCUT2D eigenvalue weighted by molar-refractivity contribution is 5.58. The Hall–Kier alpha value is -1.36. The second-order valence-electron chi connectivity index (χ2n) is 6.28. The average molecular weight is 264 g/mol. The maximum Gasteiger partial charge on any atom is 0.138 e. The summed E-state index contributed by atoms with van der Waals surface area (Å²) in [5, 5.41) is 9.25. The van der Waals surface area contributed by atoms with Gasteiger partial charge in [0.05, 0.1) is 6.61 Å². The molecule has 0 saturated heterocycles. The Bertz CT molecular complexity index is 463. The molecule has 0 bridgehead atoms. The van der Waals surface area contributed by atoms with Crippen molar-refractivity contribution in [2.24, 2.45) is 0 Å². The Balaban J connectivity index is 2.45. The van der Waals surface area contributed by atoms with Gasteiger partial charge in [-0.1, -0.05) is 20.8 Å². The molecule has 0 amide bonds. The third-order valence-corrected chi connectivity index (χ3v) is 3.43. The molecule has 106 valence electrons. The van der Waals surface area contributed by atoms with Gasteiger partial charge in [0.25, 0.3) is 0 Å². The van der Waals surface area contributed by atoms with Crippen molar-refractivity contribution in [2.45, 2.75) is 52.0 Å². The maximum absolute atomic E-state index is 9.25. The monoisotopic (exact) mass is 264 g/mol. The van der Waals surface area contributed by atoms with Crippen LogP contribution in [0.1, 0.15) is 45.0 Å². The third kappa shape index (κ3) is 2.97. The summed E-state index contributed by atoms with van der Waals surface area (Å²) in [5.41, 5.74) is 6.81. The number of nitrogens with two attached hydrogens (primary N) is 1. The topological polar surface area (TPSA) is 75.3 Å². The molecule has 1 heterocycles. The number of nitrogens with zero attached hydrogens (tertiary/aromatic N) is 3. The Morgan fingerprint density at radius 3 is 2.42 bits per heavy atom. The van der Waals surface area contributed by atoms with Crippen molar-refractivity contribution in [3.63, 3.8) is 0 Å². The second kappa shape index (κ2) is 4.96. The molecular weight excluding hydrogens is 240 g/mol. The van der Waals surface area contributed by atoms with E-state index >= 15 is 0 Å². The molecule has 0 atom stereocenters. The SMILES string of the molecule is Cc1c(N)nc(C(C)(C)C)nc1N(CCO)C1CC1. The van der Waals surface area contributed by atoms with Gasteiger partial charge in [-0.25, -0.2) is 9.97 Å². The summed E-state index contributed by atoms with van der Waals surface area (Å²) >= 11 is 0. The van der Waals surface area contributed by atoms with E-state index in [1.54, 1.807) is 0 Å². The van der Waals surface area contributed by atoms with Crippen molar-refractivity contribution in [3.8, 4) is 0 Å². The molecule has 1 aromatic rings. The highest BCUT2D eigenvalue weighted by atomic mass is 16.3. The minimum absolute atomic E-state index is 0.130. The molecule has 1 aliphatic rings. The van der Waals surface area contributed by atoms with Gasteiger partial charge in [0, 0.05) is 23.6 Å². The summed E-state index contributed by atoms with van der Waals surface area (Å²) in [6.07, 6.45) is 2.32. The number of rotatable bonds is 4. The molecule has 0 aliphatic heterocycles.